The predicted octanol–water partition coefficient (Wildman–Crippen LogP) is 4.12. The molecule has 0 saturated carbocycles. The number of sulfonamides is 1. The Hall–Kier alpha value is -3.17. The van der Waals surface area contributed by atoms with Crippen LogP contribution in [0.3, 0.4) is 0 Å². The summed E-state index contributed by atoms with van der Waals surface area (Å²) in [6, 6.07) is 21.6. The molecule has 0 saturated heterocycles. The molecule has 0 radical (unpaired) electrons. The number of hydrogen-bond donors (Lipinski definition) is 1. The van der Waals surface area contributed by atoms with Crippen molar-refractivity contribution in [2.45, 2.75) is 31.3 Å². The average Bonchev–Trinajstić information content (AvgIpc) is 2.85. The molecular weight excluding hydrogens is 530 g/mol. The van der Waals surface area contributed by atoms with E-state index in [1.54, 1.807) is 56.3 Å². The zero-order valence-corrected chi connectivity index (χ0v) is 22.2. The maximum absolute atomic E-state index is 13.7. The monoisotopic (exact) mass is 557 g/mol. The molecule has 184 valence electrons. The van der Waals surface area contributed by atoms with E-state index in [-0.39, 0.29) is 17.3 Å². The number of benzene rings is 3. The van der Waals surface area contributed by atoms with E-state index >= 15 is 0 Å². The molecule has 3 rings (SSSR count). The van der Waals surface area contributed by atoms with E-state index in [0.29, 0.717) is 11.3 Å². The fourth-order valence-corrected chi connectivity index (χ4v) is 5.65. The number of para-hydroxylation sites is 1. The standard InChI is InChI=1S/C26H28BrN3O4S/c1-19-10-7-8-15-24(19)30(35(33,34)23-13-5-4-6-14-23)18-25(31)29(20(2)26(32)28-3)17-21-11-9-12-22(27)16-21/h4-16,20H,17-18H2,1-3H3,(H,28,32)/t20-/m1/s1. The van der Waals surface area contributed by atoms with Crippen molar-refractivity contribution in [3.8, 4) is 0 Å². The maximum Gasteiger partial charge on any atom is 0.264 e. The van der Waals surface area contributed by atoms with Crippen LogP contribution in [-0.2, 0) is 26.2 Å². The largest absolute Gasteiger partial charge is 0.357 e. The van der Waals surface area contributed by atoms with Crippen LogP contribution in [0.15, 0.2) is 88.2 Å². The summed E-state index contributed by atoms with van der Waals surface area (Å²) in [6.07, 6.45) is 0. The zero-order chi connectivity index (χ0) is 25.6. The number of rotatable bonds is 9. The zero-order valence-electron chi connectivity index (χ0n) is 19.8. The first-order valence-corrected chi connectivity index (χ1v) is 13.3. The number of carbonyl (C=O) groups is 2. The molecule has 0 fully saturated rings. The molecule has 3 aromatic carbocycles. The summed E-state index contributed by atoms with van der Waals surface area (Å²) in [7, 11) is -2.56. The first-order chi connectivity index (χ1) is 16.6. The highest BCUT2D eigenvalue weighted by Gasteiger charge is 2.32. The van der Waals surface area contributed by atoms with E-state index in [2.05, 4.69) is 21.2 Å². The molecule has 7 nitrogen and oxygen atoms in total. The lowest BCUT2D eigenvalue weighted by atomic mass is 10.1. The lowest BCUT2D eigenvalue weighted by molar-refractivity contribution is -0.139. The number of hydrogen-bond acceptors (Lipinski definition) is 4. The Morgan fingerprint density at radius 2 is 1.63 bits per heavy atom. The van der Waals surface area contributed by atoms with E-state index in [0.717, 1.165) is 14.3 Å². The molecule has 0 aliphatic carbocycles. The Morgan fingerprint density at radius 1 is 0.971 bits per heavy atom. The molecule has 1 atom stereocenters. The average molecular weight is 558 g/mol. The lowest BCUT2D eigenvalue weighted by Gasteiger charge is -2.32. The second-order valence-corrected chi connectivity index (χ2v) is 10.8. The first-order valence-electron chi connectivity index (χ1n) is 11.0. The Morgan fingerprint density at radius 3 is 2.26 bits per heavy atom. The van der Waals surface area contributed by atoms with Gasteiger partial charge in [0.05, 0.1) is 10.6 Å². The van der Waals surface area contributed by atoms with Crippen molar-refractivity contribution in [2.24, 2.45) is 0 Å². The van der Waals surface area contributed by atoms with Crippen LogP contribution in [0.2, 0.25) is 0 Å². The van der Waals surface area contributed by atoms with Crippen LogP contribution in [0.4, 0.5) is 5.69 Å². The predicted molar refractivity (Wildman–Crippen MR) is 140 cm³/mol. The molecule has 0 bridgehead atoms. The van der Waals surface area contributed by atoms with Gasteiger partial charge in [0.25, 0.3) is 10.0 Å². The van der Waals surface area contributed by atoms with Crippen LogP contribution in [0.1, 0.15) is 18.1 Å². The fourth-order valence-electron chi connectivity index (χ4n) is 3.70. The molecule has 0 spiro atoms. The molecular formula is C26H28BrN3O4S. The van der Waals surface area contributed by atoms with Gasteiger partial charge in [0, 0.05) is 18.1 Å². The van der Waals surface area contributed by atoms with E-state index < -0.39 is 28.5 Å². The van der Waals surface area contributed by atoms with Gasteiger partial charge in [-0.1, -0.05) is 64.5 Å². The molecule has 0 aliphatic rings. The molecule has 0 heterocycles. The number of nitrogens with one attached hydrogen (secondary N) is 1. The van der Waals surface area contributed by atoms with Crippen LogP contribution >= 0.6 is 15.9 Å². The van der Waals surface area contributed by atoms with Gasteiger partial charge in [-0.3, -0.25) is 13.9 Å². The van der Waals surface area contributed by atoms with E-state index in [9.17, 15) is 18.0 Å². The second kappa shape index (κ2) is 11.5. The summed E-state index contributed by atoms with van der Waals surface area (Å²) in [5.74, 6) is -0.842. The van der Waals surface area contributed by atoms with Crippen molar-refractivity contribution in [1.82, 2.24) is 10.2 Å². The summed E-state index contributed by atoms with van der Waals surface area (Å²) in [5, 5.41) is 2.57. The highest BCUT2D eigenvalue weighted by Crippen LogP contribution is 2.27. The minimum Gasteiger partial charge on any atom is -0.357 e. The second-order valence-electron chi connectivity index (χ2n) is 8.05. The summed E-state index contributed by atoms with van der Waals surface area (Å²) in [6.45, 7) is 3.09. The van der Waals surface area contributed by atoms with Crippen LogP contribution in [0.5, 0.6) is 0 Å². The molecule has 9 heteroatoms. The molecule has 0 unspecified atom stereocenters. The van der Waals surface area contributed by atoms with Crippen molar-refractivity contribution in [1.29, 1.82) is 0 Å². The van der Waals surface area contributed by atoms with Gasteiger partial charge in [-0.25, -0.2) is 8.42 Å². The highest BCUT2D eigenvalue weighted by molar-refractivity contribution is 9.10. The van der Waals surface area contributed by atoms with Crippen molar-refractivity contribution < 1.29 is 18.0 Å². The third kappa shape index (κ3) is 6.29. The van der Waals surface area contributed by atoms with Gasteiger partial charge in [0.1, 0.15) is 12.6 Å². The Balaban J connectivity index is 2.04. The summed E-state index contributed by atoms with van der Waals surface area (Å²) >= 11 is 3.43. The van der Waals surface area contributed by atoms with E-state index in [1.807, 2.05) is 24.3 Å². The maximum atomic E-state index is 13.7. The van der Waals surface area contributed by atoms with Gasteiger partial charge >= 0.3 is 0 Å². The lowest BCUT2D eigenvalue weighted by Crippen LogP contribution is -2.50. The number of carbonyl (C=O) groups excluding carboxylic acids is 2. The van der Waals surface area contributed by atoms with Crippen molar-refractivity contribution in [2.75, 3.05) is 17.9 Å². The Kier molecular flexibility index (Phi) is 8.69. The van der Waals surface area contributed by atoms with Crippen LogP contribution < -0.4 is 9.62 Å². The third-order valence-electron chi connectivity index (χ3n) is 5.65. The smallest absolute Gasteiger partial charge is 0.264 e. The van der Waals surface area contributed by atoms with Crippen molar-refractivity contribution in [3.63, 3.8) is 0 Å². The number of aryl methyl sites for hydroxylation is 1. The third-order valence-corrected chi connectivity index (χ3v) is 7.92. The summed E-state index contributed by atoms with van der Waals surface area (Å²) in [4.78, 5) is 27.7. The highest BCUT2D eigenvalue weighted by atomic mass is 79.9. The minimum absolute atomic E-state index is 0.0777. The number of nitrogens with zero attached hydrogens (tertiary/aromatic N) is 2. The SMILES string of the molecule is CNC(=O)[C@@H](C)N(Cc1cccc(Br)c1)C(=O)CN(c1ccccc1C)S(=O)(=O)c1ccccc1. The topological polar surface area (TPSA) is 86.8 Å². The van der Waals surface area contributed by atoms with Gasteiger partial charge in [-0.05, 0) is 55.3 Å². The van der Waals surface area contributed by atoms with Gasteiger partial charge in [-0.2, -0.15) is 0 Å². The molecule has 0 aliphatic heterocycles. The van der Waals surface area contributed by atoms with Gasteiger partial charge < -0.3 is 10.2 Å². The number of halogens is 1. The molecule has 35 heavy (non-hydrogen) atoms. The Labute approximate surface area is 214 Å². The van der Waals surface area contributed by atoms with Crippen LogP contribution in [0.25, 0.3) is 0 Å². The molecule has 3 aromatic rings. The van der Waals surface area contributed by atoms with Gasteiger partial charge in [-0.15, -0.1) is 0 Å². The van der Waals surface area contributed by atoms with Crippen molar-refractivity contribution in [3.05, 3.63) is 94.5 Å². The number of amides is 2. The van der Waals surface area contributed by atoms with E-state index in [1.165, 1.54) is 24.1 Å². The molecule has 0 aromatic heterocycles. The van der Waals surface area contributed by atoms with Crippen LogP contribution in [0, 0.1) is 6.92 Å². The van der Waals surface area contributed by atoms with E-state index in [4.69, 9.17) is 0 Å². The summed E-state index contributed by atoms with van der Waals surface area (Å²) < 4.78 is 29.3. The number of likely N-dealkylation sites (N-methyl/N-ethyl adjacent to an activating group) is 1. The summed E-state index contributed by atoms with van der Waals surface area (Å²) in [5.41, 5.74) is 1.91. The van der Waals surface area contributed by atoms with Gasteiger partial charge in [0.15, 0.2) is 0 Å². The van der Waals surface area contributed by atoms with Gasteiger partial charge in [0.2, 0.25) is 11.8 Å². The normalized spacial score (nSPS) is 12.0. The quantitative estimate of drug-likeness (QED) is 0.428. The molecule has 2 amide bonds. The molecule has 1 N–H and O–H groups in total. The minimum atomic E-state index is -4.06. The number of anilines is 1. The van der Waals surface area contributed by atoms with Crippen LogP contribution in [-0.4, -0.2) is 44.8 Å². The fraction of sp³-hybridized carbons (Fsp3) is 0.231. The first kappa shape index (κ1) is 26.4. The Bertz CT molecular complexity index is 1300. The van der Waals surface area contributed by atoms with Crippen molar-refractivity contribution >= 4 is 43.5 Å².